The van der Waals surface area contributed by atoms with Crippen LogP contribution in [0.25, 0.3) is 0 Å². The van der Waals surface area contributed by atoms with Gasteiger partial charge in [0, 0.05) is 25.8 Å². The van der Waals surface area contributed by atoms with Crippen LogP contribution < -0.4 is 11.1 Å². The van der Waals surface area contributed by atoms with Gasteiger partial charge >= 0.3 is 0 Å². The number of carbonyl (C=O) groups is 1. The van der Waals surface area contributed by atoms with E-state index in [0.29, 0.717) is 0 Å². The van der Waals surface area contributed by atoms with Crippen molar-refractivity contribution < 1.29 is 4.79 Å². The van der Waals surface area contributed by atoms with Gasteiger partial charge in [0.1, 0.15) is 0 Å². The molecule has 5 nitrogen and oxygen atoms in total. The van der Waals surface area contributed by atoms with Gasteiger partial charge in [-0.1, -0.05) is 6.07 Å². The first-order valence-electron chi connectivity index (χ1n) is 7.11. The van der Waals surface area contributed by atoms with Crippen LogP contribution in [0.2, 0.25) is 0 Å². The maximum Gasteiger partial charge on any atom is 0.227 e. The maximum absolute atomic E-state index is 12.0. The molecule has 2 heterocycles. The second-order valence-electron chi connectivity index (χ2n) is 5.92. The summed E-state index contributed by atoms with van der Waals surface area (Å²) in [7, 11) is 1.69. The number of nitrogens with one attached hydrogen (secondary N) is 1. The molecule has 1 saturated heterocycles. The number of likely N-dealkylation sites (tertiary alicyclic amines) is 1. The monoisotopic (exact) mass is 276 g/mol. The summed E-state index contributed by atoms with van der Waals surface area (Å²) in [5.41, 5.74) is 6.80. The van der Waals surface area contributed by atoms with E-state index >= 15 is 0 Å². The Morgan fingerprint density at radius 3 is 2.85 bits per heavy atom. The van der Waals surface area contributed by atoms with Gasteiger partial charge in [-0.25, -0.2) is 0 Å². The number of nitrogens with zero attached hydrogens (tertiary/aromatic N) is 2. The predicted molar refractivity (Wildman–Crippen MR) is 79.0 cm³/mol. The molecule has 3 unspecified atom stereocenters. The molecular formula is C15H24N4O. The Morgan fingerprint density at radius 1 is 1.55 bits per heavy atom. The van der Waals surface area contributed by atoms with Crippen LogP contribution in [0.15, 0.2) is 24.4 Å². The second-order valence-corrected chi connectivity index (χ2v) is 5.92. The van der Waals surface area contributed by atoms with Gasteiger partial charge < -0.3 is 11.1 Å². The molecule has 0 bridgehead atoms. The molecular weight excluding hydrogens is 252 g/mol. The summed E-state index contributed by atoms with van der Waals surface area (Å²) in [6, 6.07) is 5.91. The highest BCUT2D eigenvalue weighted by Gasteiger charge is 2.43. The highest BCUT2D eigenvalue weighted by Crippen LogP contribution is 2.35. The van der Waals surface area contributed by atoms with E-state index in [2.05, 4.69) is 15.2 Å². The van der Waals surface area contributed by atoms with E-state index in [4.69, 9.17) is 5.73 Å². The third-order valence-corrected chi connectivity index (χ3v) is 4.16. The predicted octanol–water partition coefficient (Wildman–Crippen LogP) is 0.928. The van der Waals surface area contributed by atoms with Crippen molar-refractivity contribution in [2.24, 2.45) is 11.1 Å². The number of hydrogen-bond donors (Lipinski definition) is 2. The molecule has 1 aliphatic rings. The van der Waals surface area contributed by atoms with E-state index in [1.165, 1.54) is 0 Å². The first-order chi connectivity index (χ1) is 9.48. The van der Waals surface area contributed by atoms with E-state index in [1.54, 1.807) is 13.2 Å². The van der Waals surface area contributed by atoms with Crippen LogP contribution in [-0.4, -0.2) is 42.0 Å². The zero-order valence-corrected chi connectivity index (χ0v) is 12.5. The molecule has 2 rings (SSSR count). The molecule has 0 saturated carbocycles. The summed E-state index contributed by atoms with van der Waals surface area (Å²) in [6.45, 7) is 5.60. The summed E-state index contributed by atoms with van der Waals surface area (Å²) >= 11 is 0. The smallest absolute Gasteiger partial charge is 0.227 e. The number of nitrogens with two attached hydrogens (primary N) is 1. The molecule has 0 radical (unpaired) electrons. The van der Waals surface area contributed by atoms with Crippen molar-refractivity contribution in [3.05, 3.63) is 30.1 Å². The van der Waals surface area contributed by atoms with Crippen LogP contribution in [0.1, 0.15) is 32.0 Å². The Morgan fingerprint density at radius 2 is 2.30 bits per heavy atom. The zero-order chi connectivity index (χ0) is 14.8. The topological polar surface area (TPSA) is 71.2 Å². The van der Waals surface area contributed by atoms with E-state index in [-0.39, 0.29) is 23.4 Å². The molecule has 5 heteroatoms. The summed E-state index contributed by atoms with van der Waals surface area (Å²) in [5.74, 6) is 0.101. The summed E-state index contributed by atoms with van der Waals surface area (Å²) in [5, 5.41) is 2.76. The highest BCUT2D eigenvalue weighted by molar-refractivity contribution is 5.82. The van der Waals surface area contributed by atoms with Crippen molar-refractivity contribution in [2.45, 2.75) is 32.4 Å². The van der Waals surface area contributed by atoms with Gasteiger partial charge in [0.2, 0.25) is 5.91 Å². The number of hydrogen-bond acceptors (Lipinski definition) is 4. The largest absolute Gasteiger partial charge is 0.359 e. The summed E-state index contributed by atoms with van der Waals surface area (Å²) < 4.78 is 0. The van der Waals surface area contributed by atoms with E-state index in [1.807, 2.05) is 32.0 Å². The number of amides is 1. The third kappa shape index (κ3) is 2.83. The third-order valence-electron chi connectivity index (χ3n) is 4.16. The average Bonchev–Trinajstić information content (AvgIpc) is 2.82. The van der Waals surface area contributed by atoms with E-state index < -0.39 is 0 Å². The Bertz CT molecular complexity index is 462. The fourth-order valence-corrected chi connectivity index (χ4v) is 3.06. The molecule has 1 aliphatic heterocycles. The van der Waals surface area contributed by atoms with Gasteiger partial charge in [-0.05, 0) is 38.9 Å². The molecule has 1 aromatic rings. The maximum atomic E-state index is 12.0. The minimum absolute atomic E-state index is 0.0306. The Balaban J connectivity index is 2.19. The van der Waals surface area contributed by atoms with Crippen molar-refractivity contribution in [1.29, 1.82) is 0 Å². The van der Waals surface area contributed by atoms with E-state index in [9.17, 15) is 4.79 Å². The lowest BCUT2D eigenvalue weighted by atomic mass is 9.88. The average molecular weight is 276 g/mol. The van der Waals surface area contributed by atoms with Crippen molar-refractivity contribution in [3.8, 4) is 0 Å². The first-order valence-corrected chi connectivity index (χ1v) is 7.11. The first kappa shape index (κ1) is 14.9. The molecule has 20 heavy (non-hydrogen) atoms. The van der Waals surface area contributed by atoms with Gasteiger partial charge in [-0.3, -0.25) is 14.7 Å². The number of aromatic nitrogens is 1. The number of carbonyl (C=O) groups excluding carboxylic acids is 1. The van der Waals surface area contributed by atoms with Gasteiger partial charge in [-0.15, -0.1) is 0 Å². The molecule has 0 aliphatic carbocycles. The zero-order valence-electron chi connectivity index (χ0n) is 12.5. The molecule has 1 fully saturated rings. The standard InChI is InChI=1S/C15H24N4O/c1-11(16)13(12-6-4-5-8-18-12)19-9-7-15(2,10-19)14(20)17-3/h4-6,8,11,13H,7,9-10,16H2,1-3H3,(H,17,20). The number of pyridine rings is 1. The molecule has 0 spiro atoms. The fraction of sp³-hybridized carbons (Fsp3) is 0.600. The molecule has 0 aromatic carbocycles. The molecule has 3 N–H and O–H groups in total. The van der Waals surface area contributed by atoms with Crippen LogP contribution >= 0.6 is 0 Å². The Kier molecular flexibility index (Phi) is 4.40. The van der Waals surface area contributed by atoms with Gasteiger partial charge in [0.25, 0.3) is 0 Å². The van der Waals surface area contributed by atoms with Crippen molar-refractivity contribution in [3.63, 3.8) is 0 Å². The molecule has 110 valence electrons. The van der Waals surface area contributed by atoms with Crippen LogP contribution in [0.4, 0.5) is 0 Å². The molecule has 1 amide bonds. The van der Waals surface area contributed by atoms with Crippen LogP contribution in [-0.2, 0) is 4.79 Å². The quantitative estimate of drug-likeness (QED) is 0.858. The van der Waals surface area contributed by atoms with Gasteiger partial charge in [0.15, 0.2) is 0 Å². The lowest BCUT2D eigenvalue weighted by Crippen LogP contribution is -2.43. The highest BCUT2D eigenvalue weighted by atomic mass is 16.2. The van der Waals surface area contributed by atoms with Gasteiger partial charge in [0.05, 0.1) is 17.2 Å². The number of rotatable bonds is 4. The lowest BCUT2D eigenvalue weighted by Gasteiger charge is -2.31. The Hall–Kier alpha value is -1.46. The van der Waals surface area contributed by atoms with Gasteiger partial charge in [-0.2, -0.15) is 0 Å². The molecule has 3 atom stereocenters. The normalized spacial score (nSPS) is 26.2. The van der Waals surface area contributed by atoms with Crippen molar-refractivity contribution in [2.75, 3.05) is 20.1 Å². The van der Waals surface area contributed by atoms with Crippen LogP contribution in [0, 0.1) is 5.41 Å². The summed E-state index contributed by atoms with van der Waals surface area (Å²) in [6.07, 6.45) is 2.64. The second kappa shape index (κ2) is 5.89. The van der Waals surface area contributed by atoms with Crippen LogP contribution in [0.3, 0.4) is 0 Å². The minimum atomic E-state index is -0.337. The minimum Gasteiger partial charge on any atom is -0.359 e. The lowest BCUT2D eigenvalue weighted by molar-refractivity contribution is -0.129. The Labute approximate surface area is 120 Å². The fourth-order valence-electron chi connectivity index (χ4n) is 3.06. The van der Waals surface area contributed by atoms with Crippen molar-refractivity contribution in [1.82, 2.24) is 15.2 Å². The SMILES string of the molecule is CNC(=O)C1(C)CCN(C(c2ccccn2)C(C)N)C1. The van der Waals surface area contributed by atoms with Crippen LogP contribution in [0.5, 0.6) is 0 Å². The van der Waals surface area contributed by atoms with Crippen molar-refractivity contribution >= 4 is 5.91 Å². The molecule has 1 aromatic heterocycles. The summed E-state index contributed by atoms with van der Waals surface area (Å²) in [4.78, 5) is 18.7. The van der Waals surface area contributed by atoms with E-state index in [0.717, 1.165) is 25.2 Å².